The molecule has 4 nitrogen and oxygen atoms in total. The molecule has 1 aromatic carbocycles. The molecule has 0 fully saturated rings. The van der Waals surface area contributed by atoms with Gasteiger partial charge >= 0.3 is 5.97 Å². The lowest BCUT2D eigenvalue weighted by molar-refractivity contribution is 0.0527. The second kappa shape index (κ2) is 6.76. The molecule has 0 saturated carbocycles. The minimum Gasteiger partial charge on any atom is -0.462 e. The molecule has 0 saturated heterocycles. The normalized spacial score (nSPS) is 10.3. The van der Waals surface area contributed by atoms with Crippen molar-refractivity contribution < 1.29 is 9.53 Å². The van der Waals surface area contributed by atoms with Crippen LogP contribution in [0.25, 0.3) is 0 Å². The Kier molecular flexibility index (Phi) is 5.03. The molecule has 2 N–H and O–H groups in total. The number of halogens is 1. The Hall–Kier alpha value is -1.53. The van der Waals surface area contributed by atoms with Crippen LogP contribution in [0.2, 0.25) is 0 Å². The van der Waals surface area contributed by atoms with Gasteiger partial charge in [0.1, 0.15) is 5.03 Å². The number of anilines is 1. The molecule has 6 heteroatoms. The van der Waals surface area contributed by atoms with Crippen LogP contribution >= 0.6 is 27.7 Å². The van der Waals surface area contributed by atoms with Gasteiger partial charge in [0.15, 0.2) is 0 Å². The number of nitrogens with two attached hydrogens (primary N) is 1. The van der Waals surface area contributed by atoms with Crippen LogP contribution in [0.5, 0.6) is 0 Å². The summed E-state index contributed by atoms with van der Waals surface area (Å²) in [6, 6.07) is 9.08. The van der Waals surface area contributed by atoms with Crippen molar-refractivity contribution in [2.45, 2.75) is 16.8 Å². The highest BCUT2D eigenvalue weighted by atomic mass is 79.9. The number of carbonyl (C=O) groups is 1. The zero-order valence-electron chi connectivity index (χ0n) is 10.8. The van der Waals surface area contributed by atoms with Gasteiger partial charge < -0.3 is 10.5 Å². The van der Waals surface area contributed by atoms with E-state index in [0.717, 1.165) is 14.4 Å². The molecule has 0 radical (unpaired) electrons. The monoisotopic (exact) mass is 352 g/mol. The number of ether oxygens (including phenoxy) is 1. The maximum atomic E-state index is 11.8. The van der Waals surface area contributed by atoms with E-state index in [1.807, 2.05) is 18.2 Å². The lowest BCUT2D eigenvalue weighted by Gasteiger charge is -2.09. The smallest absolute Gasteiger partial charge is 0.340 e. The molecule has 0 aliphatic carbocycles. The van der Waals surface area contributed by atoms with Gasteiger partial charge in [0.2, 0.25) is 0 Å². The largest absolute Gasteiger partial charge is 0.462 e. The Labute approximate surface area is 129 Å². The van der Waals surface area contributed by atoms with Crippen LogP contribution in [0, 0.1) is 0 Å². The summed E-state index contributed by atoms with van der Waals surface area (Å²) in [5.41, 5.74) is 6.83. The molecule has 1 aromatic heterocycles. The van der Waals surface area contributed by atoms with Crippen molar-refractivity contribution in [3.8, 4) is 0 Å². The number of pyridine rings is 1. The predicted octanol–water partition coefficient (Wildman–Crippen LogP) is 3.75. The predicted molar refractivity (Wildman–Crippen MR) is 82.9 cm³/mol. The topological polar surface area (TPSA) is 65.2 Å². The Morgan fingerprint density at radius 3 is 2.85 bits per heavy atom. The van der Waals surface area contributed by atoms with Crippen LogP contribution in [0.1, 0.15) is 17.3 Å². The molecule has 104 valence electrons. The van der Waals surface area contributed by atoms with Crippen molar-refractivity contribution in [3.05, 3.63) is 46.6 Å². The summed E-state index contributed by atoms with van der Waals surface area (Å²) in [6.07, 6.45) is 1.72. The van der Waals surface area contributed by atoms with Crippen molar-refractivity contribution >= 4 is 39.3 Å². The number of rotatable bonds is 4. The molecule has 0 bridgehead atoms. The Bertz CT molecular complexity index is 617. The lowest BCUT2D eigenvalue weighted by Crippen LogP contribution is -2.08. The van der Waals surface area contributed by atoms with Gasteiger partial charge in [-0.15, -0.1) is 0 Å². The molecule has 1 heterocycles. The molecule has 2 aromatic rings. The quantitative estimate of drug-likeness (QED) is 0.670. The van der Waals surface area contributed by atoms with Crippen molar-refractivity contribution in [2.24, 2.45) is 0 Å². The van der Waals surface area contributed by atoms with Gasteiger partial charge in [-0.2, -0.15) is 0 Å². The number of hydrogen-bond donors (Lipinski definition) is 1. The van der Waals surface area contributed by atoms with Crippen LogP contribution in [0.4, 0.5) is 5.69 Å². The highest BCUT2D eigenvalue weighted by molar-refractivity contribution is 9.10. The Balaban J connectivity index is 2.26. The van der Waals surface area contributed by atoms with Crippen LogP contribution < -0.4 is 5.73 Å². The van der Waals surface area contributed by atoms with Gasteiger partial charge in [-0.25, -0.2) is 9.78 Å². The van der Waals surface area contributed by atoms with E-state index in [4.69, 9.17) is 10.5 Å². The van der Waals surface area contributed by atoms with Gasteiger partial charge in [-0.05, 0) is 47.1 Å². The fraction of sp³-hybridized carbons (Fsp3) is 0.143. The first-order valence-electron chi connectivity index (χ1n) is 5.97. The van der Waals surface area contributed by atoms with Crippen LogP contribution in [-0.2, 0) is 4.74 Å². The summed E-state index contributed by atoms with van der Waals surface area (Å²) in [7, 11) is 0. The number of hydrogen-bond acceptors (Lipinski definition) is 5. The first kappa shape index (κ1) is 14.9. The van der Waals surface area contributed by atoms with Crippen molar-refractivity contribution in [1.82, 2.24) is 4.98 Å². The zero-order chi connectivity index (χ0) is 14.5. The van der Waals surface area contributed by atoms with Gasteiger partial charge in [-0.3, -0.25) is 0 Å². The average Bonchev–Trinajstić information content (AvgIpc) is 2.44. The number of aromatic nitrogens is 1. The van der Waals surface area contributed by atoms with Crippen molar-refractivity contribution in [3.63, 3.8) is 0 Å². The van der Waals surface area contributed by atoms with E-state index in [1.54, 1.807) is 25.3 Å². The number of para-hydroxylation sites is 1. The van der Waals surface area contributed by atoms with Crippen LogP contribution in [0.3, 0.4) is 0 Å². The summed E-state index contributed by atoms with van der Waals surface area (Å²) >= 11 is 4.74. The number of carbonyl (C=O) groups excluding carboxylic acids is 1. The SMILES string of the molecule is CCOC(=O)c1cccc(Sc2ccc(Br)cn2)c1N. The first-order chi connectivity index (χ1) is 9.61. The summed E-state index contributed by atoms with van der Waals surface area (Å²) in [5, 5.41) is 0.806. The molecule has 0 aliphatic heterocycles. The van der Waals surface area contributed by atoms with E-state index in [-0.39, 0.29) is 0 Å². The second-order valence-corrected chi connectivity index (χ2v) is 5.83. The average molecular weight is 353 g/mol. The van der Waals surface area contributed by atoms with Gasteiger partial charge in [0.25, 0.3) is 0 Å². The minimum atomic E-state index is -0.406. The standard InChI is InChI=1S/C14H13BrN2O2S/c1-2-19-14(18)10-4-3-5-11(13(10)16)20-12-7-6-9(15)8-17-12/h3-8H,2,16H2,1H3. The molecule has 20 heavy (non-hydrogen) atoms. The fourth-order valence-corrected chi connectivity index (χ4v) is 2.62. The highest BCUT2D eigenvalue weighted by Gasteiger charge is 2.14. The molecular formula is C14H13BrN2O2S. The third-order valence-electron chi connectivity index (χ3n) is 2.48. The first-order valence-corrected chi connectivity index (χ1v) is 7.57. The number of nitrogens with zero attached hydrogens (tertiary/aromatic N) is 1. The number of nitrogen functional groups attached to an aromatic ring is 1. The van der Waals surface area contributed by atoms with E-state index in [9.17, 15) is 4.79 Å². The molecular weight excluding hydrogens is 340 g/mol. The third kappa shape index (κ3) is 3.52. The molecule has 0 unspecified atom stereocenters. The van der Waals surface area contributed by atoms with Crippen molar-refractivity contribution in [1.29, 1.82) is 0 Å². The van der Waals surface area contributed by atoms with E-state index < -0.39 is 5.97 Å². The summed E-state index contributed by atoms with van der Waals surface area (Å²) < 4.78 is 5.89. The Morgan fingerprint density at radius 1 is 1.40 bits per heavy atom. The zero-order valence-corrected chi connectivity index (χ0v) is 13.2. The van der Waals surface area contributed by atoms with E-state index in [1.165, 1.54) is 11.8 Å². The summed E-state index contributed by atoms with van der Waals surface area (Å²) in [4.78, 5) is 16.8. The summed E-state index contributed by atoms with van der Waals surface area (Å²) in [5.74, 6) is -0.406. The third-order valence-corrected chi connectivity index (χ3v) is 3.97. The molecule has 0 aliphatic rings. The maximum Gasteiger partial charge on any atom is 0.340 e. The Morgan fingerprint density at radius 2 is 2.20 bits per heavy atom. The van der Waals surface area contributed by atoms with Crippen molar-refractivity contribution in [2.75, 3.05) is 12.3 Å². The van der Waals surface area contributed by atoms with Crippen LogP contribution in [0.15, 0.2) is 50.9 Å². The molecule has 0 amide bonds. The molecule has 2 rings (SSSR count). The van der Waals surface area contributed by atoms with Crippen LogP contribution in [-0.4, -0.2) is 17.6 Å². The second-order valence-electron chi connectivity index (χ2n) is 3.85. The maximum absolute atomic E-state index is 11.8. The van der Waals surface area contributed by atoms with Gasteiger partial charge in [-0.1, -0.05) is 17.8 Å². The molecule has 0 spiro atoms. The number of benzene rings is 1. The highest BCUT2D eigenvalue weighted by Crippen LogP contribution is 2.33. The fourth-order valence-electron chi connectivity index (χ4n) is 1.56. The van der Waals surface area contributed by atoms with E-state index in [0.29, 0.717) is 17.9 Å². The summed E-state index contributed by atoms with van der Waals surface area (Å²) in [6.45, 7) is 2.09. The van der Waals surface area contributed by atoms with Gasteiger partial charge in [0.05, 0.1) is 17.9 Å². The van der Waals surface area contributed by atoms with Gasteiger partial charge in [0, 0.05) is 15.6 Å². The lowest BCUT2D eigenvalue weighted by atomic mass is 10.2. The molecule has 0 atom stereocenters. The minimum absolute atomic E-state index is 0.323. The number of esters is 1. The van der Waals surface area contributed by atoms with E-state index >= 15 is 0 Å². The van der Waals surface area contributed by atoms with E-state index in [2.05, 4.69) is 20.9 Å².